The van der Waals surface area contributed by atoms with Crippen LogP contribution in [0.1, 0.15) is 26.7 Å². The van der Waals surface area contributed by atoms with Gasteiger partial charge in [-0.05, 0) is 20.3 Å². The fourth-order valence-electron chi connectivity index (χ4n) is 1.96. The minimum atomic E-state index is -0.387. The highest BCUT2D eigenvalue weighted by Gasteiger charge is 2.34. The summed E-state index contributed by atoms with van der Waals surface area (Å²) in [5.74, 6) is 0.596. The van der Waals surface area contributed by atoms with Crippen LogP contribution in [-0.2, 0) is 9.53 Å². The van der Waals surface area contributed by atoms with Crippen molar-refractivity contribution in [2.24, 2.45) is 0 Å². The maximum Gasteiger partial charge on any atom is 0.222 e. The number of hydrogen-bond acceptors (Lipinski definition) is 3. The summed E-state index contributed by atoms with van der Waals surface area (Å²) in [5.41, 5.74) is -0.387. The molecule has 94 valence electrons. The number of rotatable bonds is 4. The van der Waals surface area contributed by atoms with Crippen LogP contribution in [0, 0.1) is 0 Å². The van der Waals surface area contributed by atoms with Gasteiger partial charge in [0.05, 0.1) is 18.3 Å². The van der Waals surface area contributed by atoms with Gasteiger partial charge < -0.3 is 14.7 Å². The summed E-state index contributed by atoms with van der Waals surface area (Å²) in [5, 5.41) is 9.11. The van der Waals surface area contributed by atoms with Crippen molar-refractivity contribution in [2.75, 3.05) is 25.6 Å². The van der Waals surface area contributed by atoms with E-state index in [-0.39, 0.29) is 24.2 Å². The van der Waals surface area contributed by atoms with Gasteiger partial charge in [-0.1, -0.05) is 0 Å². The molecule has 1 amide bonds. The number of morpholine rings is 1. The molecule has 1 heterocycles. The molecule has 1 rings (SSSR count). The molecule has 0 aromatic carbocycles. The van der Waals surface area contributed by atoms with Crippen LogP contribution in [0.3, 0.4) is 0 Å². The number of amides is 1. The van der Waals surface area contributed by atoms with Crippen LogP contribution in [0.5, 0.6) is 0 Å². The van der Waals surface area contributed by atoms with Crippen LogP contribution in [0.2, 0.25) is 0 Å². The third-order valence-corrected chi connectivity index (χ3v) is 2.83. The van der Waals surface area contributed by atoms with Gasteiger partial charge in [0.1, 0.15) is 0 Å². The fraction of sp³-hybridized carbons (Fsp3) is 0.909. The Balaban J connectivity index is 2.55. The molecule has 16 heavy (non-hydrogen) atoms. The SMILES string of the molecule is CC1(C)CN(C(=O)CCCCl)CC(CO)O1. The molecule has 1 N–H and O–H groups in total. The predicted molar refractivity (Wildman–Crippen MR) is 62.6 cm³/mol. The molecule has 0 aromatic heterocycles. The quantitative estimate of drug-likeness (QED) is 0.757. The van der Waals surface area contributed by atoms with Crippen molar-refractivity contribution in [3.63, 3.8) is 0 Å². The van der Waals surface area contributed by atoms with E-state index in [1.807, 2.05) is 13.8 Å². The molecule has 0 aromatic rings. The summed E-state index contributed by atoms with van der Waals surface area (Å²) in [7, 11) is 0. The maximum absolute atomic E-state index is 11.8. The van der Waals surface area contributed by atoms with E-state index in [1.54, 1.807) is 4.90 Å². The Morgan fingerprint density at radius 3 is 2.88 bits per heavy atom. The molecule has 0 aliphatic carbocycles. The number of aliphatic hydroxyl groups is 1. The Labute approximate surface area is 102 Å². The van der Waals surface area contributed by atoms with Gasteiger partial charge in [0.2, 0.25) is 5.91 Å². The first kappa shape index (κ1) is 13.7. The highest BCUT2D eigenvalue weighted by atomic mass is 35.5. The van der Waals surface area contributed by atoms with Crippen LogP contribution in [0.4, 0.5) is 0 Å². The van der Waals surface area contributed by atoms with Gasteiger partial charge in [0.25, 0.3) is 0 Å². The number of alkyl halides is 1. The zero-order chi connectivity index (χ0) is 12.2. The Kier molecular flexibility index (Phi) is 5.02. The molecule has 0 saturated carbocycles. The summed E-state index contributed by atoms with van der Waals surface area (Å²) >= 11 is 5.56. The zero-order valence-corrected chi connectivity index (χ0v) is 10.7. The Morgan fingerprint density at radius 2 is 2.31 bits per heavy atom. The fourth-order valence-corrected chi connectivity index (χ4v) is 2.09. The normalized spacial score (nSPS) is 24.5. The average Bonchev–Trinajstić information content (AvgIpc) is 2.23. The smallest absolute Gasteiger partial charge is 0.222 e. The Bertz CT molecular complexity index is 245. The minimum absolute atomic E-state index is 0.0529. The molecular weight excluding hydrogens is 230 g/mol. The summed E-state index contributed by atoms with van der Waals surface area (Å²) in [6, 6.07) is 0. The van der Waals surface area contributed by atoms with E-state index in [0.29, 0.717) is 31.8 Å². The van der Waals surface area contributed by atoms with Gasteiger partial charge in [-0.15, -0.1) is 11.6 Å². The van der Waals surface area contributed by atoms with E-state index in [9.17, 15) is 4.79 Å². The number of aliphatic hydroxyl groups excluding tert-OH is 1. The number of carbonyl (C=O) groups excluding carboxylic acids is 1. The molecule has 5 heteroatoms. The standard InChI is InChI=1S/C11H20ClNO3/c1-11(2)8-13(6-9(7-14)16-11)10(15)4-3-5-12/h9,14H,3-8H2,1-2H3. The molecule has 1 aliphatic heterocycles. The van der Waals surface area contributed by atoms with Crippen molar-refractivity contribution in [1.82, 2.24) is 4.90 Å². The molecule has 0 spiro atoms. The number of nitrogens with zero attached hydrogens (tertiary/aromatic N) is 1. The highest BCUT2D eigenvalue weighted by Crippen LogP contribution is 2.21. The average molecular weight is 250 g/mol. The topological polar surface area (TPSA) is 49.8 Å². The van der Waals surface area contributed by atoms with E-state index in [1.165, 1.54) is 0 Å². The molecule has 1 atom stereocenters. The van der Waals surface area contributed by atoms with E-state index < -0.39 is 0 Å². The maximum atomic E-state index is 11.8. The first-order chi connectivity index (χ1) is 7.48. The minimum Gasteiger partial charge on any atom is -0.394 e. The van der Waals surface area contributed by atoms with Crippen molar-refractivity contribution >= 4 is 17.5 Å². The molecule has 1 saturated heterocycles. The van der Waals surface area contributed by atoms with E-state index in [0.717, 1.165) is 0 Å². The molecule has 4 nitrogen and oxygen atoms in total. The summed E-state index contributed by atoms with van der Waals surface area (Å²) in [6.45, 7) is 4.85. The second-order valence-electron chi connectivity index (χ2n) is 4.75. The number of carbonyl (C=O) groups is 1. The molecule has 0 radical (unpaired) electrons. The van der Waals surface area contributed by atoms with Crippen molar-refractivity contribution in [1.29, 1.82) is 0 Å². The van der Waals surface area contributed by atoms with E-state index in [2.05, 4.69) is 0 Å². The lowest BCUT2D eigenvalue weighted by molar-refractivity contribution is -0.166. The first-order valence-electron chi connectivity index (χ1n) is 5.61. The van der Waals surface area contributed by atoms with E-state index >= 15 is 0 Å². The Hall–Kier alpha value is -0.320. The van der Waals surface area contributed by atoms with Crippen LogP contribution in [0.15, 0.2) is 0 Å². The predicted octanol–water partition coefficient (Wildman–Crippen LogP) is 1.00. The molecule has 1 unspecified atom stereocenters. The van der Waals surface area contributed by atoms with Gasteiger partial charge >= 0.3 is 0 Å². The van der Waals surface area contributed by atoms with Gasteiger partial charge in [-0.3, -0.25) is 4.79 Å². The number of ether oxygens (including phenoxy) is 1. The first-order valence-corrected chi connectivity index (χ1v) is 6.14. The van der Waals surface area contributed by atoms with E-state index in [4.69, 9.17) is 21.4 Å². The third-order valence-electron chi connectivity index (χ3n) is 2.56. The molecular formula is C11H20ClNO3. The summed E-state index contributed by atoms with van der Waals surface area (Å²) < 4.78 is 5.64. The Morgan fingerprint density at radius 1 is 1.62 bits per heavy atom. The van der Waals surface area contributed by atoms with Crippen molar-refractivity contribution in [2.45, 2.75) is 38.4 Å². The monoisotopic (exact) mass is 249 g/mol. The lowest BCUT2D eigenvalue weighted by Gasteiger charge is -2.42. The van der Waals surface area contributed by atoms with Crippen LogP contribution >= 0.6 is 11.6 Å². The highest BCUT2D eigenvalue weighted by molar-refractivity contribution is 6.17. The van der Waals surface area contributed by atoms with Crippen molar-refractivity contribution < 1.29 is 14.6 Å². The number of halogens is 1. The van der Waals surface area contributed by atoms with Crippen molar-refractivity contribution in [3.05, 3.63) is 0 Å². The summed E-state index contributed by atoms with van der Waals surface area (Å²) in [4.78, 5) is 13.6. The zero-order valence-electron chi connectivity index (χ0n) is 9.91. The second-order valence-corrected chi connectivity index (χ2v) is 5.13. The van der Waals surface area contributed by atoms with Crippen LogP contribution < -0.4 is 0 Å². The lowest BCUT2D eigenvalue weighted by atomic mass is 10.0. The lowest BCUT2D eigenvalue weighted by Crippen LogP contribution is -2.55. The molecule has 0 bridgehead atoms. The van der Waals surface area contributed by atoms with Crippen molar-refractivity contribution in [3.8, 4) is 0 Å². The van der Waals surface area contributed by atoms with Gasteiger partial charge in [0, 0.05) is 25.4 Å². The second kappa shape index (κ2) is 5.84. The molecule has 1 fully saturated rings. The van der Waals surface area contributed by atoms with Gasteiger partial charge in [0.15, 0.2) is 0 Å². The van der Waals surface area contributed by atoms with Gasteiger partial charge in [-0.2, -0.15) is 0 Å². The number of hydrogen-bond donors (Lipinski definition) is 1. The molecule has 1 aliphatic rings. The van der Waals surface area contributed by atoms with Crippen LogP contribution in [-0.4, -0.2) is 53.2 Å². The van der Waals surface area contributed by atoms with Crippen LogP contribution in [0.25, 0.3) is 0 Å². The summed E-state index contributed by atoms with van der Waals surface area (Å²) in [6.07, 6.45) is 0.892. The van der Waals surface area contributed by atoms with Gasteiger partial charge in [-0.25, -0.2) is 0 Å². The third kappa shape index (κ3) is 3.92. The largest absolute Gasteiger partial charge is 0.394 e.